The first-order valence-corrected chi connectivity index (χ1v) is 6.73. The summed E-state index contributed by atoms with van der Waals surface area (Å²) in [5.74, 6) is 0.410. The van der Waals surface area contributed by atoms with Crippen molar-refractivity contribution >= 4 is 23.0 Å². The smallest absolute Gasteiger partial charge is 0.350 e. The summed E-state index contributed by atoms with van der Waals surface area (Å²) in [6.07, 6.45) is 0. The Morgan fingerprint density at radius 3 is 2.58 bits per heavy atom. The van der Waals surface area contributed by atoms with Crippen LogP contribution in [0.15, 0.2) is 29.6 Å². The van der Waals surface area contributed by atoms with E-state index in [1.807, 2.05) is 36.6 Å². The molecule has 0 radical (unpaired) electrons. The zero-order chi connectivity index (χ0) is 13.8. The van der Waals surface area contributed by atoms with E-state index in [-0.39, 0.29) is 0 Å². The Labute approximate surface area is 115 Å². The van der Waals surface area contributed by atoms with Crippen LogP contribution < -0.4 is 10.5 Å². The van der Waals surface area contributed by atoms with Gasteiger partial charge >= 0.3 is 5.97 Å². The molecule has 0 fully saturated rings. The quantitative estimate of drug-likeness (QED) is 0.872. The van der Waals surface area contributed by atoms with E-state index in [1.165, 1.54) is 18.4 Å². The summed E-state index contributed by atoms with van der Waals surface area (Å²) in [6, 6.07) is 7.61. The molecular weight excluding hydrogens is 262 g/mol. The topological polar surface area (TPSA) is 61.5 Å². The molecule has 2 N–H and O–H groups in total. The van der Waals surface area contributed by atoms with Gasteiger partial charge in [0.1, 0.15) is 10.6 Å². The lowest BCUT2D eigenvalue weighted by molar-refractivity contribution is 0.0607. The predicted octanol–water partition coefficient (Wildman–Crippen LogP) is 3.18. The molecule has 2 rings (SSSR count). The fourth-order valence-electron chi connectivity index (χ4n) is 1.74. The highest BCUT2D eigenvalue weighted by molar-refractivity contribution is 7.13. The number of benzene rings is 1. The molecule has 0 saturated heterocycles. The van der Waals surface area contributed by atoms with Crippen LogP contribution in [0.3, 0.4) is 0 Å². The lowest BCUT2D eigenvalue weighted by Gasteiger charge is -2.05. The molecule has 2 aromatic rings. The van der Waals surface area contributed by atoms with Crippen molar-refractivity contribution < 1.29 is 14.3 Å². The first-order chi connectivity index (χ1) is 9.17. The van der Waals surface area contributed by atoms with Crippen molar-refractivity contribution in [1.82, 2.24) is 0 Å². The van der Waals surface area contributed by atoms with E-state index in [4.69, 9.17) is 10.5 Å². The summed E-state index contributed by atoms with van der Waals surface area (Å²) in [5, 5.41) is 1.86. The second-order valence-corrected chi connectivity index (χ2v) is 4.72. The molecule has 0 aliphatic heterocycles. The number of rotatable bonds is 4. The van der Waals surface area contributed by atoms with Gasteiger partial charge in [-0.2, -0.15) is 0 Å². The first-order valence-electron chi connectivity index (χ1n) is 5.85. The second-order valence-electron chi connectivity index (χ2n) is 3.84. The summed E-state index contributed by atoms with van der Waals surface area (Å²) in [5.41, 5.74) is 8.24. The molecule has 0 spiro atoms. The van der Waals surface area contributed by atoms with E-state index in [0.717, 1.165) is 16.9 Å². The second kappa shape index (κ2) is 5.75. The van der Waals surface area contributed by atoms with Crippen molar-refractivity contribution in [2.24, 2.45) is 0 Å². The van der Waals surface area contributed by atoms with Crippen molar-refractivity contribution in [3.05, 3.63) is 34.5 Å². The molecule has 19 heavy (non-hydrogen) atoms. The van der Waals surface area contributed by atoms with Gasteiger partial charge in [-0.15, -0.1) is 11.3 Å². The third kappa shape index (κ3) is 2.71. The minimum absolute atomic E-state index is 0.403. The zero-order valence-electron chi connectivity index (χ0n) is 10.8. The largest absolute Gasteiger partial charge is 0.494 e. The number of methoxy groups -OCH3 is 1. The minimum atomic E-state index is -0.403. The normalized spacial score (nSPS) is 10.2. The molecule has 0 atom stereocenters. The third-order valence-corrected chi connectivity index (χ3v) is 3.65. The van der Waals surface area contributed by atoms with Crippen LogP contribution in [-0.4, -0.2) is 19.7 Å². The minimum Gasteiger partial charge on any atom is -0.494 e. The standard InChI is InChI=1S/C14H15NO3S/c1-3-18-10-6-4-9(5-7-10)11-8-19-13(12(11)15)14(16)17-2/h4-8H,3,15H2,1-2H3. The number of hydrogen-bond donors (Lipinski definition) is 1. The number of nitrogen functional groups attached to an aromatic ring is 1. The molecule has 0 amide bonds. The Kier molecular flexibility index (Phi) is 4.06. The Morgan fingerprint density at radius 1 is 1.32 bits per heavy atom. The van der Waals surface area contributed by atoms with Gasteiger partial charge in [0.15, 0.2) is 0 Å². The lowest BCUT2D eigenvalue weighted by atomic mass is 10.1. The molecule has 100 valence electrons. The molecule has 5 heteroatoms. The number of carbonyl (C=O) groups is 1. The Morgan fingerprint density at radius 2 is 2.00 bits per heavy atom. The molecule has 0 saturated carbocycles. The molecular formula is C14H15NO3S. The molecule has 0 aliphatic rings. The van der Waals surface area contributed by atoms with Crippen LogP contribution >= 0.6 is 11.3 Å². The maximum absolute atomic E-state index is 11.5. The highest BCUT2D eigenvalue weighted by Gasteiger charge is 2.16. The van der Waals surface area contributed by atoms with Crippen LogP contribution in [0.4, 0.5) is 5.69 Å². The van der Waals surface area contributed by atoms with Gasteiger partial charge in [-0.05, 0) is 24.6 Å². The third-order valence-electron chi connectivity index (χ3n) is 2.68. The van der Waals surface area contributed by atoms with Gasteiger partial charge in [-0.3, -0.25) is 0 Å². The van der Waals surface area contributed by atoms with Crippen LogP contribution in [0.25, 0.3) is 11.1 Å². The lowest BCUT2D eigenvalue weighted by Crippen LogP contribution is -2.02. The van der Waals surface area contributed by atoms with Gasteiger partial charge in [-0.1, -0.05) is 12.1 Å². The van der Waals surface area contributed by atoms with Crippen molar-refractivity contribution in [3.63, 3.8) is 0 Å². The fraction of sp³-hybridized carbons (Fsp3) is 0.214. The number of ether oxygens (including phenoxy) is 2. The monoisotopic (exact) mass is 277 g/mol. The summed E-state index contributed by atoms with van der Waals surface area (Å²) in [6.45, 7) is 2.57. The van der Waals surface area contributed by atoms with Gasteiger partial charge in [0.25, 0.3) is 0 Å². The molecule has 1 heterocycles. The zero-order valence-corrected chi connectivity index (χ0v) is 11.6. The molecule has 1 aromatic heterocycles. The number of carbonyl (C=O) groups excluding carboxylic acids is 1. The van der Waals surface area contributed by atoms with Crippen LogP contribution in [0, 0.1) is 0 Å². The van der Waals surface area contributed by atoms with E-state index >= 15 is 0 Å². The van der Waals surface area contributed by atoms with Crippen LogP contribution in [0.1, 0.15) is 16.6 Å². The molecule has 0 aliphatic carbocycles. The highest BCUT2D eigenvalue weighted by atomic mass is 32.1. The first kappa shape index (κ1) is 13.4. The number of hydrogen-bond acceptors (Lipinski definition) is 5. The van der Waals surface area contributed by atoms with E-state index < -0.39 is 5.97 Å². The fourth-order valence-corrected chi connectivity index (χ4v) is 2.65. The molecule has 0 bridgehead atoms. The Hall–Kier alpha value is -2.01. The van der Waals surface area contributed by atoms with E-state index in [1.54, 1.807) is 0 Å². The van der Waals surface area contributed by atoms with E-state index in [2.05, 4.69) is 4.74 Å². The van der Waals surface area contributed by atoms with E-state index in [0.29, 0.717) is 17.2 Å². The van der Waals surface area contributed by atoms with Gasteiger partial charge in [-0.25, -0.2) is 4.79 Å². The summed E-state index contributed by atoms with van der Waals surface area (Å²) < 4.78 is 10.1. The van der Waals surface area contributed by atoms with Crippen LogP contribution in [-0.2, 0) is 4.74 Å². The average molecular weight is 277 g/mol. The van der Waals surface area contributed by atoms with Crippen molar-refractivity contribution in [1.29, 1.82) is 0 Å². The molecule has 0 unspecified atom stereocenters. The maximum Gasteiger partial charge on any atom is 0.350 e. The SMILES string of the molecule is CCOc1ccc(-c2csc(C(=O)OC)c2N)cc1. The van der Waals surface area contributed by atoms with Crippen LogP contribution in [0.5, 0.6) is 5.75 Å². The Bertz CT molecular complexity index is 575. The molecule has 1 aromatic carbocycles. The predicted molar refractivity (Wildman–Crippen MR) is 76.7 cm³/mol. The van der Waals surface area contributed by atoms with Gasteiger partial charge < -0.3 is 15.2 Å². The number of nitrogens with two attached hydrogens (primary N) is 1. The Balaban J connectivity index is 2.32. The molecule has 4 nitrogen and oxygen atoms in total. The average Bonchev–Trinajstić information content (AvgIpc) is 2.81. The van der Waals surface area contributed by atoms with Crippen molar-refractivity contribution in [3.8, 4) is 16.9 Å². The number of esters is 1. The van der Waals surface area contributed by atoms with Crippen LogP contribution in [0.2, 0.25) is 0 Å². The number of anilines is 1. The van der Waals surface area contributed by atoms with Gasteiger partial charge in [0, 0.05) is 10.9 Å². The maximum atomic E-state index is 11.5. The van der Waals surface area contributed by atoms with Crippen molar-refractivity contribution in [2.45, 2.75) is 6.92 Å². The van der Waals surface area contributed by atoms with E-state index in [9.17, 15) is 4.79 Å². The van der Waals surface area contributed by atoms with Gasteiger partial charge in [0.05, 0.1) is 19.4 Å². The highest BCUT2D eigenvalue weighted by Crippen LogP contribution is 2.35. The van der Waals surface area contributed by atoms with Crippen molar-refractivity contribution in [2.75, 3.05) is 19.5 Å². The summed E-state index contributed by atoms with van der Waals surface area (Å²) in [7, 11) is 1.35. The van der Waals surface area contributed by atoms with Gasteiger partial charge in [0.2, 0.25) is 0 Å². The summed E-state index contributed by atoms with van der Waals surface area (Å²) in [4.78, 5) is 11.9. The number of thiophene rings is 1. The summed E-state index contributed by atoms with van der Waals surface area (Å²) >= 11 is 1.29.